The van der Waals surface area contributed by atoms with Crippen LogP contribution >= 0.6 is 0 Å². The lowest BCUT2D eigenvalue weighted by Crippen LogP contribution is -2.17. The first-order valence-electron chi connectivity index (χ1n) is 9.33. The second-order valence-corrected chi connectivity index (χ2v) is 8.81. The molecule has 0 radical (unpaired) electrons. The zero-order valence-electron chi connectivity index (χ0n) is 17.2. The van der Waals surface area contributed by atoms with Gasteiger partial charge in [0.05, 0.1) is 15.5 Å². The third-order valence-electron chi connectivity index (χ3n) is 4.72. The molecule has 0 aliphatic carbocycles. The number of sulfonamides is 1. The molecule has 0 fully saturated rings. The van der Waals surface area contributed by atoms with Gasteiger partial charge in [0.15, 0.2) is 0 Å². The molecule has 0 spiro atoms. The second kappa shape index (κ2) is 8.57. The van der Waals surface area contributed by atoms with E-state index < -0.39 is 20.9 Å². The maximum atomic E-state index is 12.9. The van der Waals surface area contributed by atoms with Gasteiger partial charge in [-0.05, 0) is 56.2 Å². The zero-order valence-corrected chi connectivity index (χ0v) is 18.0. The summed E-state index contributed by atoms with van der Waals surface area (Å²) in [5, 5.41) is 13.6. The first-order valence-corrected chi connectivity index (χ1v) is 10.8. The predicted octanol–water partition coefficient (Wildman–Crippen LogP) is 4.57. The van der Waals surface area contributed by atoms with Gasteiger partial charge in [0.1, 0.15) is 0 Å². The van der Waals surface area contributed by atoms with Crippen LogP contribution in [-0.4, -0.2) is 19.2 Å². The highest BCUT2D eigenvalue weighted by Gasteiger charge is 2.20. The van der Waals surface area contributed by atoms with Crippen LogP contribution in [0, 0.1) is 30.9 Å². The molecule has 3 aromatic carbocycles. The standard InChI is InChI=1S/C22H21N3O5S/c1-14-4-9-18(10-5-14)24-31(29,30)21-12-17(8-6-16(21)3)22(26)23-20-13-19(25(27)28)11-7-15(20)2/h4-13,24H,1-3H3,(H,23,26). The fraction of sp³-hybridized carbons (Fsp3) is 0.136. The van der Waals surface area contributed by atoms with Crippen molar-refractivity contribution in [3.05, 3.63) is 93.0 Å². The van der Waals surface area contributed by atoms with Crippen LogP contribution in [0.5, 0.6) is 0 Å². The van der Waals surface area contributed by atoms with Gasteiger partial charge in [-0.1, -0.05) is 29.8 Å². The molecule has 0 atom stereocenters. The Bertz CT molecular complexity index is 1270. The number of hydrogen-bond donors (Lipinski definition) is 2. The average Bonchev–Trinajstić information content (AvgIpc) is 2.71. The molecular formula is C22H21N3O5S. The van der Waals surface area contributed by atoms with E-state index in [1.807, 2.05) is 6.92 Å². The van der Waals surface area contributed by atoms with Gasteiger partial charge in [-0.2, -0.15) is 0 Å². The Morgan fingerprint density at radius 1 is 0.903 bits per heavy atom. The summed E-state index contributed by atoms with van der Waals surface area (Å²) < 4.78 is 28.3. The topological polar surface area (TPSA) is 118 Å². The Labute approximate surface area is 180 Å². The van der Waals surface area contributed by atoms with Gasteiger partial charge in [-0.3, -0.25) is 19.6 Å². The number of nitrogens with zero attached hydrogens (tertiary/aromatic N) is 1. The lowest BCUT2D eigenvalue weighted by Gasteiger charge is -2.13. The molecule has 0 aliphatic rings. The number of benzene rings is 3. The number of nitro benzene ring substituents is 1. The van der Waals surface area contributed by atoms with E-state index in [1.54, 1.807) is 44.2 Å². The third-order valence-corrected chi connectivity index (χ3v) is 6.25. The Hall–Kier alpha value is -3.72. The van der Waals surface area contributed by atoms with Crippen molar-refractivity contribution in [2.24, 2.45) is 0 Å². The number of anilines is 2. The Morgan fingerprint density at radius 2 is 1.55 bits per heavy atom. The minimum absolute atomic E-state index is 0.0310. The van der Waals surface area contributed by atoms with Crippen LogP contribution in [0.2, 0.25) is 0 Å². The zero-order chi connectivity index (χ0) is 22.8. The largest absolute Gasteiger partial charge is 0.321 e. The van der Waals surface area contributed by atoms with Crippen molar-refractivity contribution in [1.82, 2.24) is 0 Å². The predicted molar refractivity (Wildman–Crippen MR) is 119 cm³/mol. The number of non-ortho nitro benzene ring substituents is 1. The lowest BCUT2D eigenvalue weighted by atomic mass is 10.1. The summed E-state index contributed by atoms with van der Waals surface area (Å²) in [4.78, 5) is 23.2. The monoisotopic (exact) mass is 439 g/mol. The molecule has 31 heavy (non-hydrogen) atoms. The SMILES string of the molecule is Cc1ccc(NS(=O)(=O)c2cc(C(=O)Nc3cc([N+](=O)[O-])ccc3C)ccc2C)cc1. The van der Waals surface area contributed by atoms with Gasteiger partial charge in [0, 0.05) is 23.4 Å². The summed E-state index contributed by atoms with van der Waals surface area (Å²) in [7, 11) is -3.93. The van der Waals surface area contributed by atoms with E-state index in [9.17, 15) is 23.3 Å². The number of rotatable bonds is 6. The molecule has 0 saturated carbocycles. The fourth-order valence-corrected chi connectivity index (χ4v) is 4.25. The van der Waals surface area contributed by atoms with Gasteiger partial charge < -0.3 is 5.32 Å². The van der Waals surface area contributed by atoms with Crippen molar-refractivity contribution in [3.8, 4) is 0 Å². The van der Waals surface area contributed by atoms with Gasteiger partial charge >= 0.3 is 0 Å². The first-order chi connectivity index (χ1) is 14.6. The Kier molecular flexibility index (Phi) is 6.07. The van der Waals surface area contributed by atoms with Gasteiger partial charge in [0.2, 0.25) is 0 Å². The molecule has 160 valence electrons. The van der Waals surface area contributed by atoms with Gasteiger partial charge in [-0.25, -0.2) is 8.42 Å². The molecule has 8 nitrogen and oxygen atoms in total. The van der Waals surface area contributed by atoms with Crippen molar-refractivity contribution < 1.29 is 18.1 Å². The molecule has 0 aromatic heterocycles. The molecular weight excluding hydrogens is 418 g/mol. The summed E-state index contributed by atoms with van der Waals surface area (Å²) in [5.74, 6) is -0.574. The summed E-state index contributed by atoms with van der Waals surface area (Å²) in [6, 6.07) is 15.4. The van der Waals surface area contributed by atoms with Crippen LogP contribution in [0.1, 0.15) is 27.0 Å². The molecule has 0 saturated heterocycles. The Morgan fingerprint density at radius 3 is 2.19 bits per heavy atom. The van der Waals surface area contributed by atoms with Crippen LogP contribution < -0.4 is 10.0 Å². The summed E-state index contributed by atoms with van der Waals surface area (Å²) >= 11 is 0. The normalized spacial score (nSPS) is 11.1. The smallest absolute Gasteiger partial charge is 0.271 e. The van der Waals surface area contributed by atoms with Crippen molar-refractivity contribution >= 4 is 33.0 Å². The summed E-state index contributed by atoms with van der Waals surface area (Å²) in [5.41, 5.74) is 2.75. The number of amides is 1. The minimum atomic E-state index is -3.93. The van der Waals surface area contributed by atoms with Gasteiger partial charge in [0.25, 0.3) is 21.6 Å². The van der Waals surface area contributed by atoms with E-state index in [1.165, 1.54) is 30.3 Å². The molecule has 0 unspecified atom stereocenters. The number of nitrogens with one attached hydrogen (secondary N) is 2. The van der Waals surface area contributed by atoms with Gasteiger partial charge in [-0.15, -0.1) is 0 Å². The maximum Gasteiger partial charge on any atom is 0.271 e. The van der Waals surface area contributed by atoms with Crippen molar-refractivity contribution in [2.45, 2.75) is 25.7 Å². The number of aryl methyl sites for hydroxylation is 3. The molecule has 3 rings (SSSR count). The highest BCUT2D eigenvalue weighted by atomic mass is 32.2. The van der Waals surface area contributed by atoms with E-state index in [2.05, 4.69) is 10.0 Å². The van der Waals surface area contributed by atoms with E-state index >= 15 is 0 Å². The molecule has 1 amide bonds. The van der Waals surface area contributed by atoms with E-state index in [-0.39, 0.29) is 21.8 Å². The summed E-state index contributed by atoms with van der Waals surface area (Å²) in [6.07, 6.45) is 0. The van der Waals surface area contributed by atoms with Crippen molar-refractivity contribution in [3.63, 3.8) is 0 Å². The highest BCUT2D eigenvalue weighted by molar-refractivity contribution is 7.92. The van der Waals surface area contributed by atoms with Crippen LogP contribution in [0.25, 0.3) is 0 Å². The van der Waals surface area contributed by atoms with E-state index in [0.29, 0.717) is 16.8 Å². The van der Waals surface area contributed by atoms with Crippen LogP contribution in [-0.2, 0) is 10.0 Å². The average molecular weight is 439 g/mol. The van der Waals surface area contributed by atoms with Crippen molar-refractivity contribution in [1.29, 1.82) is 0 Å². The van der Waals surface area contributed by atoms with Crippen LogP contribution in [0.3, 0.4) is 0 Å². The molecule has 3 aromatic rings. The number of carbonyl (C=O) groups is 1. The summed E-state index contributed by atoms with van der Waals surface area (Å²) in [6.45, 7) is 5.24. The lowest BCUT2D eigenvalue weighted by molar-refractivity contribution is -0.384. The highest BCUT2D eigenvalue weighted by Crippen LogP contribution is 2.24. The Balaban J connectivity index is 1.90. The fourth-order valence-electron chi connectivity index (χ4n) is 2.92. The minimum Gasteiger partial charge on any atom is -0.321 e. The van der Waals surface area contributed by atoms with E-state index in [0.717, 1.165) is 5.56 Å². The number of nitro groups is 1. The van der Waals surface area contributed by atoms with E-state index in [4.69, 9.17) is 0 Å². The maximum absolute atomic E-state index is 12.9. The van der Waals surface area contributed by atoms with Crippen LogP contribution in [0.15, 0.2) is 65.6 Å². The molecule has 0 heterocycles. The number of hydrogen-bond acceptors (Lipinski definition) is 5. The second-order valence-electron chi connectivity index (χ2n) is 7.16. The molecule has 0 aliphatic heterocycles. The molecule has 9 heteroatoms. The van der Waals surface area contributed by atoms with Crippen LogP contribution in [0.4, 0.5) is 17.1 Å². The molecule has 0 bridgehead atoms. The molecule has 2 N–H and O–H groups in total. The number of carbonyl (C=O) groups excluding carboxylic acids is 1. The third kappa shape index (κ3) is 5.07. The quantitative estimate of drug-likeness (QED) is 0.431. The van der Waals surface area contributed by atoms with Crippen molar-refractivity contribution in [2.75, 3.05) is 10.0 Å². The first kappa shape index (κ1) is 22.0.